The third-order valence-electron chi connectivity index (χ3n) is 5.30. The van der Waals surface area contributed by atoms with Crippen LogP contribution in [0.3, 0.4) is 0 Å². The summed E-state index contributed by atoms with van der Waals surface area (Å²) in [6.45, 7) is 7.16. The number of halogens is 1. The molecule has 0 atom stereocenters. The SMILES string of the molecule is C=CCn1c(SCCC(=O)N2CCN(c3ccccn3)CC2)nnc1-c1ccccc1F. The van der Waals surface area contributed by atoms with E-state index < -0.39 is 0 Å². The van der Waals surface area contributed by atoms with E-state index in [1.807, 2.05) is 27.7 Å². The predicted octanol–water partition coefficient (Wildman–Crippen LogP) is 3.50. The molecule has 2 aromatic heterocycles. The molecule has 9 heteroatoms. The normalized spacial score (nSPS) is 13.9. The van der Waals surface area contributed by atoms with Crippen LogP contribution in [0.15, 0.2) is 66.5 Å². The van der Waals surface area contributed by atoms with E-state index in [2.05, 4.69) is 26.7 Å². The van der Waals surface area contributed by atoms with Crippen LogP contribution in [0.5, 0.6) is 0 Å². The summed E-state index contributed by atoms with van der Waals surface area (Å²) in [4.78, 5) is 21.2. The monoisotopic (exact) mass is 452 g/mol. The molecule has 1 aromatic carbocycles. The Morgan fingerprint density at radius 2 is 1.88 bits per heavy atom. The standard InChI is InChI=1S/C23H25FN6OS/c1-2-12-30-22(18-7-3-4-8-19(18)24)26-27-23(30)32-17-10-21(31)29-15-13-28(14-16-29)20-9-5-6-11-25-20/h2-9,11H,1,10,12-17H2. The van der Waals surface area contributed by atoms with Crippen molar-refractivity contribution >= 4 is 23.5 Å². The van der Waals surface area contributed by atoms with Gasteiger partial charge in [0, 0.05) is 51.1 Å². The summed E-state index contributed by atoms with van der Waals surface area (Å²) in [7, 11) is 0. The highest BCUT2D eigenvalue weighted by Gasteiger charge is 2.22. The number of nitrogens with zero attached hydrogens (tertiary/aromatic N) is 6. The van der Waals surface area contributed by atoms with E-state index in [0.717, 1.165) is 18.9 Å². The molecule has 3 aromatic rings. The second-order valence-corrected chi connectivity index (χ2v) is 8.40. The summed E-state index contributed by atoms with van der Waals surface area (Å²) in [5.41, 5.74) is 0.399. The highest BCUT2D eigenvalue weighted by Crippen LogP contribution is 2.26. The maximum absolute atomic E-state index is 14.2. The lowest BCUT2D eigenvalue weighted by molar-refractivity contribution is -0.131. The number of hydrogen-bond donors (Lipinski definition) is 0. The molecule has 0 N–H and O–H groups in total. The first-order valence-electron chi connectivity index (χ1n) is 10.5. The number of aromatic nitrogens is 4. The number of allylic oxidation sites excluding steroid dienone is 1. The van der Waals surface area contributed by atoms with Gasteiger partial charge in [-0.25, -0.2) is 9.37 Å². The minimum Gasteiger partial charge on any atom is -0.353 e. The van der Waals surface area contributed by atoms with E-state index >= 15 is 0 Å². The van der Waals surface area contributed by atoms with Crippen molar-refractivity contribution in [2.75, 3.05) is 36.8 Å². The zero-order valence-electron chi connectivity index (χ0n) is 17.7. The Kier molecular flexibility index (Phi) is 7.16. The minimum absolute atomic E-state index is 0.127. The van der Waals surface area contributed by atoms with Gasteiger partial charge in [0.05, 0.1) is 5.56 Å². The van der Waals surface area contributed by atoms with Gasteiger partial charge in [-0.15, -0.1) is 16.8 Å². The Labute approximate surface area is 191 Å². The average Bonchev–Trinajstić information content (AvgIpc) is 3.22. The fourth-order valence-corrected chi connectivity index (χ4v) is 4.52. The number of carbonyl (C=O) groups is 1. The van der Waals surface area contributed by atoms with Crippen molar-refractivity contribution in [2.24, 2.45) is 0 Å². The molecule has 1 saturated heterocycles. The van der Waals surface area contributed by atoms with Gasteiger partial charge in [-0.2, -0.15) is 0 Å². The molecule has 1 amide bonds. The predicted molar refractivity (Wildman–Crippen MR) is 124 cm³/mol. The summed E-state index contributed by atoms with van der Waals surface area (Å²) < 4.78 is 16.1. The van der Waals surface area contributed by atoms with E-state index in [4.69, 9.17) is 0 Å². The van der Waals surface area contributed by atoms with Gasteiger partial charge in [-0.1, -0.05) is 36.0 Å². The zero-order valence-corrected chi connectivity index (χ0v) is 18.5. The van der Waals surface area contributed by atoms with Crippen molar-refractivity contribution in [3.05, 3.63) is 67.1 Å². The Morgan fingerprint density at radius 1 is 1.09 bits per heavy atom. The number of anilines is 1. The quantitative estimate of drug-likeness (QED) is 0.385. The van der Waals surface area contributed by atoms with Crippen LogP contribution in [0.2, 0.25) is 0 Å². The third kappa shape index (κ3) is 4.99. The molecule has 0 bridgehead atoms. The van der Waals surface area contributed by atoms with Gasteiger partial charge in [-0.05, 0) is 24.3 Å². The summed E-state index contributed by atoms with van der Waals surface area (Å²) >= 11 is 1.45. The molecule has 0 spiro atoms. The molecule has 0 saturated carbocycles. The number of carbonyl (C=O) groups excluding carboxylic acids is 1. The second-order valence-electron chi connectivity index (χ2n) is 7.34. The molecule has 32 heavy (non-hydrogen) atoms. The highest BCUT2D eigenvalue weighted by atomic mass is 32.2. The molecular weight excluding hydrogens is 427 g/mol. The van der Waals surface area contributed by atoms with Crippen molar-refractivity contribution in [3.8, 4) is 11.4 Å². The van der Waals surface area contributed by atoms with Crippen LogP contribution < -0.4 is 4.90 Å². The Balaban J connectivity index is 1.32. The molecule has 166 valence electrons. The van der Waals surface area contributed by atoms with E-state index in [0.29, 0.717) is 48.4 Å². The second kappa shape index (κ2) is 10.4. The lowest BCUT2D eigenvalue weighted by Crippen LogP contribution is -2.49. The number of piperazine rings is 1. The number of benzene rings is 1. The average molecular weight is 453 g/mol. The van der Waals surface area contributed by atoms with E-state index in [9.17, 15) is 9.18 Å². The number of amides is 1. The van der Waals surface area contributed by atoms with Crippen molar-refractivity contribution < 1.29 is 9.18 Å². The minimum atomic E-state index is -0.346. The molecule has 4 rings (SSSR count). The summed E-state index contributed by atoms with van der Waals surface area (Å²) in [6.07, 6.45) is 3.92. The van der Waals surface area contributed by atoms with Crippen LogP contribution in [0, 0.1) is 5.82 Å². The van der Waals surface area contributed by atoms with E-state index in [1.165, 1.54) is 17.8 Å². The fraction of sp³-hybridized carbons (Fsp3) is 0.304. The van der Waals surface area contributed by atoms with Crippen molar-refractivity contribution in [2.45, 2.75) is 18.1 Å². The molecule has 3 heterocycles. The molecule has 1 aliphatic heterocycles. The topological polar surface area (TPSA) is 67.2 Å². The number of thioether (sulfide) groups is 1. The van der Waals surface area contributed by atoms with Gasteiger partial charge in [0.1, 0.15) is 11.6 Å². The van der Waals surface area contributed by atoms with Crippen LogP contribution in [0.1, 0.15) is 6.42 Å². The number of pyridine rings is 1. The van der Waals surface area contributed by atoms with Gasteiger partial charge < -0.3 is 9.80 Å². The molecule has 1 aliphatic rings. The van der Waals surface area contributed by atoms with Crippen molar-refractivity contribution in [1.29, 1.82) is 0 Å². The lowest BCUT2D eigenvalue weighted by Gasteiger charge is -2.35. The largest absolute Gasteiger partial charge is 0.353 e. The van der Waals surface area contributed by atoms with Crippen LogP contribution >= 0.6 is 11.8 Å². The van der Waals surface area contributed by atoms with Crippen LogP contribution in [0.4, 0.5) is 10.2 Å². The highest BCUT2D eigenvalue weighted by molar-refractivity contribution is 7.99. The molecule has 0 radical (unpaired) electrons. The maximum atomic E-state index is 14.2. The van der Waals surface area contributed by atoms with Gasteiger partial charge in [0.25, 0.3) is 0 Å². The summed E-state index contributed by atoms with van der Waals surface area (Å²) in [5, 5.41) is 9.07. The molecule has 1 fully saturated rings. The summed E-state index contributed by atoms with van der Waals surface area (Å²) in [6, 6.07) is 12.4. The Bertz CT molecular complexity index is 1070. The Hall–Kier alpha value is -3.20. The molecule has 0 unspecified atom stereocenters. The molecule has 7 nitrogen and oxygen atoms in total. The first-order valence-corrected chi connectivity index (χ1v) is 11.5. The van der Waals surface area contributed by atoms with E-state index in [-0.39, 0.29) is 11.7 Å². The third-order valence-corrected chi connectivity index (χ3v) is 6.26. The number of rotatable bonds is 8. The van der Waals surface area contributed by atoms with Crippen molar-refractivity contribution in [3.63, 3.8) is 0 Å². The number of hydrogen-bond acceptors (Lipinski definition) is 6. The van der Waals surface area contributed by atoms with Crippen LogP contribution in [-0.2, 0) is 11.3 Å². The lowest BCUT2D eigenvalue weighted by atomic mass is 10.2. The maximum Gasteiger partial charge on any atom is 0.223 e. The fourth-order valence-electron chi connectivity index (χ4n) is 3.64. The van der Waals surface area contributed by atoms with E-state index in [1.54, 1.807) is 30.5 Å². The van der Waals surface area contributed by atoms with Gasteiger partial charge >= 0.3 is 0 Å². The smallest absolute Gasteiger partial charge is 0.223 e. The first kappa shape index (κ1) is 22.0. The van der Waals surface area contributed by atoms with Gasteiger partial charge in [-0.3, -0.25) is 9.36 Å². The van der Waals surface area contributed by atoms with Gasteiger partial charge in [0.15, 0.2) is 11.0 Å². The first-order chi connectivity index (χ1) is 15.7. The Morgan fingerprint density at radius 3 is 2.59 bits per heavy atom. The molecular formula is C23H25FN6OS. The van der Waals surface area contributed by atoms with Crippen molar-refractivity contribution in [1.82, 2.24) is 24.6 Å². The van der Waals surface area contributed by atoms with Crippen LogP contribution in [-0.4, -0.2) is 62.5 Å². The summed E-state index contributed by atoms with van der Waals surface area (Å²) in [5.74, 6) is 1.76. The van der Waals surface area contributed by atoms with Crippen LogP contribution in [0.25, 0.3) is 11.4 Å². The molecule has 0 aliphatic carbocycles. The zero-order chi connectivity index (χ0) is 22.3. The van der Waals surface area contributed by atoms with Gasteiger partial charge in [0.2, 0.25) is 5.91 Å².